The van der Waals surface area contributed by atoms with Crippen LogP contribution in [0.2, 0.25) is 5.15 Å². The van der Waals surface area contributed by atoms with Crippen LogP contribution in [0, 0.1) is 5.41 Å². The van der Waals surface area contributed by atoms with Crippen molar-refractivity contribution in [1.29, 1.82) is 0 Å². The fourth-order valence-corrected chi connectivity index (χ4v) is 5.53. The Kier molecular flexibility index (Phi) is 7.63. The van der Waals surface area contributed by atoms with E-state index in [-0.39, 0.29) is 29.0 Å². The maximum Gasteiger partial charge on any atom is 0.262 e. The molecule has 0 atom stereocenters. The monoisotopic (exact) mass is 555 g/mol. The number of aliphatic hydroxyl groups is 1. The van der Waals surface area contributed by atoms with Gasteiger partial charge in [-0.25, -0.2) is 4.98 Å². The average Bonchev–Trinajstić information content (AvgIpc) is 3.57. The van der Waals surface area contributed by atoms with Gasteiger partial charge in [-0.3, -0.25) is 18.7 Å². The topological polar surface area (TPSA) is 102 Å². The first-order chi connectivity index (χ1) is 18.5. The second-order valence-electron chi connectivity index (χ2n) is 11.9. The number of ether oxygens (including phenoxy) is 1. The van der Waals surface area contributed by atoms with Gasteiger partial charge in [-0.05, 0) is 57.7 Å². The van der Waals surface area contributed by atoms with E-state index in [4.69, 9.17) is 16.3 Å². The van der Waals surface area contributed by atoms with Crippen molar-refractivity contribution in [2.75, 3.05) is 32.8 Å². The first kappa shape index (κ1) is 27.8. The van der Waals surface area contributed by atoms with Gasteiger partial charge in [0.25, 0.3) is 5.56 Å². The number of nitrogens with zero attached hydrogens (tertiary/aromatic N) is 4. The third-order valence-corrected chi connectivity index (χ3v) is 8.32. The fourth-order valence-electron chi connectivity index (χ4n) is 5.25. The van der Waals surface area contributed by atoms with E-state index in [0.717, 1.165) is 38.2 Å². The highest BCUT2D eigenvalue weighted by atomic mass is 35.5. The molecule has 2 saturated heterocycles. The van der Waals surface area contributed by atoms with Gasteiger partial charge in [0.2, 0.25) is 5.91 Å². The zero-order valence-corrected chi connectivity index (χ0v) is 23.7. The smallest absolute Gasteiger partial charge is 0.262 e. The largest absolute Gasteiger partial charge is 0.388 e. The summed E-state index contributed by atoms with van der Waals surface area (Å²) in [5.74, 6) is 0.187. The van der Waals surface area contributed by atoms with Crippen molar-refractivity contribution in [3.8, 4) is 5.69 Å². The number of piperidine rings is 1. The molecule has 3 aliphatic rings. The van der Waals surface area contributed by atoms with E-state index in [1.165, 1.54) is 10.9 Å². The van der Waals surface area contributed by atoms with E-state index >= 15 is 0 Å². The normalized spacial score (nSPS) is 21.2. The molecule has 0 unspecified atom stereocenters. The van der Waals surface area contributed by atoms with Crippen LogP contribution in [-0.2, 0) is 16.1 Å². The molecule has 10 heteroatoms. The summed E-state index contributed by atoms with van der Waals surface area (Å²) in [6.45, 7) is 10.2. The highest BCUT2D eigenvalue weighted by Gasteiger charge is 2.48. The lowest BCUT2D eigenvalue weighted by molar-refractivity contribution is -0.141. The molecule has 1 saturated carbocycles. The minimum Gasteiger partial charge on any atom is -0.388 e. The number of halogens is 1. The maximum atomic E-state index is 13.1. The number of benzene rings is 1. The number of fused-ring (bicyclic) bond motifs is 1. The van der Waals surface area contributed by atoms with Crippen LogP contribution in [0.1, 0.15) is 46.5 Å². The van der Waals surface area contributed by atoms with Crippen molar-refractivity contribution < 1.29 is 14.6 Å². The van der Waals surface area contributed by atoms with Crippen molar-refractivity contribution >= 4 is 28.5 Å². The summed E-state index contributed by atoms with van der Waals surface area (Å²) in [5.41, 5.74) is -0.106. The number of carbonyl (C=O) groups excluding carboxylic acids is 1. The minimum absolute atomic E-state index is 0.0677. The Morgan fingerprint density at radius 2 is 1.82 bits per heavy atom. The molecule has 2 aliphatic heterocycles. The number of carbonyl (C=O) groups is 1. The predicted molar refractivity (Wildman–Crippen MR) is 151 cm³/mol. The molecule has 6 rings (SSSR count). The number of hydrogen-bond acceptors (Lipinski definition) is 6. The number of amides is 1. The molecule has 3 fully saturated rings. The molecule has 1 aromatic carbocycles. The summed E-state index contributed by atoms with van der Waals surface area (Å²) in [6, 6.07) is 11.1. The summed E-state index contributed by atoms with van der Waals surface area (Å²) in [4.78, 5) is 32.0. The molecule has 4 heterocycles. The van der Waals surface area contributed by atoms with Crippen LogP contribution in [0.5, 0.6) is 0 Å². The van der Waals surface area contributed by atoms with Crippen LogP contribution in [0.3, 0.4) is 0 Å². The number of hydrogen-bond donors (Lipinski definition) is 2. The lowest BCUT2D eigenvalue weighted by atomic mass is 9.90. The Balaban J connectivity index is 0.000000332. The Morgan fingerprint density at radius 3 is 2.38 bits per heavy atom. The summed E-state index contributed by atoms with van der Waals surface area (Å²) in [6.07, 6.45) is 4.23. The number of morpholine rings is 1. The van der Waals surface area contributed by atoms with Gasteiger partial charge in [0.1, 0.15) is 11.5 Å². The third-order valence-electron chi connectivity index (χ3n) is 8.04. The van der Waals surface area contributed by atoms with Gasteiger partial charge in [0.05, 0.1) is 29.7 Å². The van der Waals surface area contributed by atoms with E-state index in [1.54, 1.807) is 10.6 Å². The van der Waals surface area contributed by atoms with Crippen LogP contribution < -0.4 is 10.9 Å². The molecule has 210 valence electrons. The van der Waals surface area contributed by atoms with E-state index < -0.39 is 5.60 Å². The molecule has 3 aromatic rings. The van der Waals surface area contributed by atoms with Crippen molar-refractivity contribution in [1.82, 2.24) is 24.3 Å². The molecule has 39 heavy (non-hydrogen) atoms. The lowest BCUT2D eigenvalue weighted by Gasteiger charge is -2.39. The van der Waals surface area contributed by atoms with Gasteiger partial charge >= 0.3 is 0 Å². The lowest BCUT2D eigenvalue weighted by Crippen LogP contribution is -2.51. The Hall–Kier alpha value is -2.72. The molecule has 0 spiro atoms. The molecular formula is C29H38ClN5O4. The molecule has 0 bridgehead atoms. The van der Waals surface area contributed by atoms with Crippen molar-refractivity contribution in [3.05, 3.63) is 58.2 Å². The van der Waals surface area contributed by atoms with Crippen LogP contribution in [0.25, 0.3) is 16.7 Å². The molecular weight excluding hydrogens is 518 g/mol. The van der Waals surface area contributed by atoms with E-state index in [1.807, 2.05) is 42.2 Å². The third kappa shape index (κ3) is 6.06. The van der Waals surface area contributed by atoms with Crippen molar-refractivity contribution in [3.63, 3.8) is 0 Å². The second-order valence-corrected chi connectivity index (χ2v) is 12.3. The summed E-state index contributed by atoms with van der Waals surface area (Å²) >= 11 is 6.42. The minimum atomic E-state index is -1.05. The van der Waals surface area contributed by atoms with E-state index in [2.05, 4.69) is 24.1 Å². The predicted octanol–water partition coefficient (Wildman–Crippen LogP) is 3.38. The molecule has 2 aromatic heterocycles. The Labute approximate surface area is 233 Å². The highest BCUT2D eigenvalue weighted by Crippen LogP contribution is 2.47. The average molecular weight is 556 g/mol. The van der Waals surface area contributed by atoms with Crippen LogP contribution >= 0.6 is 11.6 Å². The Bertz CT molecular complexity index is 1380. The molecule has 1 aliphatic carbocycles. The summed E-state index contributed by atoms with van der Waals surface area (Å²) in [7, 11) is 0. The number of nitrogens with one attached hydrogen (secondary N) is 1. The first-order valence-electron chi connectivity index (χ1n) is 13.7. The summed E-state index contributed by atoms with van der Waals surface area (Å²) < 4.78 is 8.59. The van der Waals surface area contributed by atoms with Crippen LogP contribution in [-0.4, -0.2) is 74.0 Å². The van der Waals surface area contributed by atoms with Gasteiger partial charge in [-0.1, -0.05) is 36.7 Å². The first-order valence-corrected chi connectivity index (χ1v) is 14.1. The maximum absolute atomic E-state index is 13.1. The number of likely N-dealkylation sites (tertiary alicyclic amines) is 1. The number of rotatable bonds is 4. The second kappa shape index (κ2) is 10.7. The van der Waals surface area contributed by atoms with Gasteiger partial charge < -0.3 is 20.1 Å². The standard InChI is InChI=1S/C23H25ClN4O3.C6H13NO/c1-22(7-8-22)21(30)26-11-9-23(31,10-12-26)14-27-15-25-19-17(20(27)29)13-18(24)28(19)16-5-3-2-4-6-16;1-6(2)5-7-3-4-8-6/h2-6,13,15,31H,7-12,14H2,1H3;7H,3-5H2,1-2H3. The van der Waals surface area contributed by atoms with Gasteiger partial charge in [0, 0.05) is 37.3 Å². The summed E-state index contributed by atoms with van der Waals surface area (Å²) in [5, 5.41) is 15.2. The van der Waals surface area contributed by atoms with Gasteiger partial charge in [-0.2, -0.15) is 0 Å². The molecule has 2 N–H and O–H groups in total. The molecule has 9 nitrogen and oxygen atoms in total. The Morgan fingerprint density at radius 1 is 1.13 bits per heavy atom. The zero-order chi connectivity index (χ0) is 27.8. The van der Waals surface area contributed by atoms with Crippen LogP contribution in [0.15, 0.2) is 47.5 Å². The highest BCUT2D eigenvalue weighted by molar-refractivity contribution is 6.31. The number of para-hydroxylation sites is 1. The van der Waals surface area contributed by atoms with Gasteiger partial charge in [-0.15, -0.1) is 0 Å². The van der Waals surface area contributed by atoms with E-state index in [0.29, 0.717) is 42.1 Å². The molecule has 1 amide bonds. The number of aromatic nitrogens is 3. The van der Waals surface area contributed by atoms with Gasteiger partial charge in [0.15, 0.2) is 5.65 Å². The zero-order valence-electron chi connectivity index (χ0n) is 23.0. The van der Waals surface area contributed by atoms with Crippen molar-refractivity contribution in [2.24, 2.45) is 5.41 Å². The molecule has 0 radical (unpaired) electrons. The fraction of sp³-hybridized carbons (Fsp3) is 0.552. The van der Waals surface area contributed by atoms with E-state index in [9.17, 15) is 14.7 Å². The van der Waals surface area contributed by atoms with Crippen molar-refractivity contribution in [2.45, 2.75) is 64.2 Å². The van der Waals surface area contributed by atoms with Crippen LogP contribution in [0.4, 0.5) is 0 Å². The SMILES string of the molecule is CC1(C(=O)N2CCC(O)(Cn3cnc4c(cc(Cl)n4-c4ccccc4)c3=O)CC2)CC1.CC1(C)CNCCO1. The quantitative estimate of drug-likeness (QED) is 0.512.